The first-order chi connectivity index (χ1) is 8.09. The maximum atomic E-state index is 12.4. The van der Waals surface area contributed by atoms with E-state index in [-0.39, 0.29) is 12.2 Å². The highest BCUT2D eigenvalue weighted by atomic mass is 19.3. The van der Waals surface area contributed by atoms with Gasteiger partial charge in [-0.25, -0.2) is 13.6 Å². The summed E-state index contributed by atoms with van der Waals surface area (Å²) in [6, 6.07) is 6.14. The summed E-state index contributed by atoms with van der Waals surface area (Å²) < 4.78 is 29.3. The zero-order valence-corrected chi connectivity index (χ0v) is 9.16. The van der Waals surface area contributed by atoms with Gasteiger partial charge in [-0.1, -0.05) is 18.2 Å². The molecule has 0 unspecified atom stereocenters. The van der Waals surface area contributed by atoms with Gasteiger partial charge in [0, 0.05) is 18.7 Å². The van der Waals surface area contributed by atoms with E-state index in [1.54, 1.807) is 12.1 Å². The van der Waals surface area contributed by atoms with Gasteiger partial charge >= 0.3 is 6.09 Å². The Morgan fingerprint density at radius 3 is 2.88 bits per heavy atom. The number of rotatable bonds is 6. The minimum absolute atomic E-state index is 0.00214. The van der Waals surface area contributed by atoms with E-state index in [0.717, 1.165) is 5.56 Å². The lowest BCUT2D eigenvalue weighted by atomic mass is 10.1. The Morgan fingerprint density at radius 1 is 1.47 bits per heavy atom. The minimum Gasteiger partial charge on any atom is -0.448 e. The average molecular weight is 244 g/mol. The first kappa shape index (κ1) is 13.4. The van der Waals surface area contributed by atoms with Crippen LogP contribution in [-0.2, 0) is 11.3 Å². The molecule has 0 aromatic heterocycles. The molecule has 0 aliphatic rings. The number of hydrogen-bond acceptors (Lipinski definition) is 3. The van der Waals surface area contributed by atoms with Gasteiger partial charge in [-0.2, -0.15) is 0 Å². The van der Waals surface area contributed by atoms with Crippen molar-refractivity contribution in [3.8, 4) is 0 Å². The maximum Gasteiger partial charge on any atom is 0.404 e. The van der Waals surface area contributed by atoms with Crippen LogP contribution in [0.25, 0.3) is 0 Å². The molecular weight excluding hydrogens is 230 g/mol. The highest BCUT2D eigenvalue weighted by molar-refractivity contribution is 5.64. The van der Waals surface area contributed by atoms with Crippen molar-refractivity contribution >= 4 is 6.09 Å². The van der Waals surface area contributed by atoms with Crippen LogP contribution in [0.5, 0.6) is 0 Å². The summed E-state index contributed by atoms with van der Waals surface area (Å²) in [4.78, 5) is 10.2. The Bertz CT molecular complexity index is 372. The molecule has 0 aliphatic carbocycles. The van der Waals surface area contributed by atoms with E-state index < -0.39 is 12.5 Å². The Hall–Kier alpha value is -1.69. The zero-order chi connectivity index (χ0) is 12.7. The monoisotopic (exact) mass is 244 g/mol. The van der Waals surface area contributed by atoms with Crippen molar-refractivity contribution in [2.45, 2.75) is 13.0 Å². The number of halogens is 2. The van der Waals surface area contributed by atoms with Crippen LogP contribution < -0.4 is 11.1 Å². The van der Waals surface area contributed by atoms with Gasteiger partial charge in [0.2, 0.25) is 0 Å². The Balaban J connectivity index is 2.31. The van der Waals surface area contributed by atoms with Crippen molar-refractivity contribution in [3.05, 3.63) is 35.4 Å². The Labute approximate surface area is 97.8 Å². The first-order valence-electron chi connectivity index (χ1n) is 5.09. The number of nitrogens with one attached hydrogen (secondary N) is 1. The molecule has 0 radical (unpaired) electrons. The largest absolute Gasteiger partial charge is 0.448 e. The van der Waals surface area contributed by atoms with Crippen LogP contribution in [0.15, 0.2) is 24.3 Å². The van der Waals surface area contributed by atoms with Gasteiger partial charge in [0.25, 0.3) is 6.43 Å². The Kier molecular flexibility index (Phi) is 5.35. The van der Waals surface area contributed by atoms with E-state index in [0.29, 0.717) is 13.1 Å². The van der Waals surface area contributed by atoms with Crippen molar-refractivity contribution in [2.24, 2.45) is 5.73 Å². The molecule has 6 heteroatoms. The average Bonchev–Trinajstić information content (AvgIpc) is 2.28. The normalized spacial score (nSPS) is 10.5. The van der Waals surface area contributed by atoms with Crippen LogP contribution >= 0.6 is 0 Å². The van der Waals surface area contributed by atoms with Crippen molar-refractivity contribution in [1.29, 1.82) is 0 Å². The van der Waals surface area contributed by atoms with Crippen molar-refractivity contribution in [2.75, 3.05) is 13.2 Å². The maximum absolute atomic E-state index is 12.4. The quantitative estimate of drug-likeness (QED) is 0.750. The zero-order valence-electron chi connectivity index (χ0n) is 9.16. The van der Waals surface area contributed by atoms with E-state index in [4.69, 9.17) is 5.73 Å². The summed E-state index contributed by atoms with van der Waals surface area (Å²) in [6.45, 7) is 1.01. The third kappa shape index (κ3) is 5.26. The fourth-order valence-electron chi connectivity index (χ4n) is 1.30. The number of nitrogens with two attached hydrogens (primary N) is 1. The molecule has 0 spiro atoms. The summed E-state index contributed by atoms with van der Waals surface area (Å²) >= 11 is 0. The van der Waals surface area contributed by atoms with Gasteiger partial charge < -0.3 is 15.8 Å². The lowest BCUT2D eigenvalue weighted by molar-refractivity contribution is 0.151. The van der Waals surface area contributed by atoms with Gasteiger partial charge in [0.15, 0.2) is 0 Å². The third-order valence-corrected chi connectivity index (χ3v) is 2.06. The van der Waals surface area contributed by atoms with Gasteiger partial charge in [-0.3, -0.25) is 0 Å². The second kappa shape index (κ2) is 6.80. The van der Waals surface area contributed by atoms with Crippen molar-refractivity contribution < 1.29 is 18.3 Å². The van der Waals surface area contributed by atoms with E-state index >= 15 is 0 Å². The van der Waals surface area contributed by atoms with Gasteiger partial charge in [-0.05, 0) is 11.6 Å². The highest BCUT2D eigenvalue weighted by Crippen LogP contribution is 2.19. The Morgan fingerprint density at radius 2 is 2.24 bits per heavy atom. The van der Waals surface area contributed by atoms with Gasteiger partial charge in [-0.15, -0.1) is 0 Å². The highest BCUT2D eigenvalue weighted by Gasteiger charge is 2.06. The fourth-order valence-corrected chi connectivity index (χ4v) is 1.30. The second-order valence-corrected chi connectivity index (χ2v) is 3.39. The molecule has 3 N–H and O–H groups in total. The third-order valence-electron chi connectivity index (χ3n) is 2.06. The molecular formula is C11H14F2N2O2. The first-order valence-corrected chi connectivity index (χ1v) is 5.09. The summed E-state index contributed by atoms with van der Waals surface area (Å²) in [5.74, 6) is 0. The van der Waals surface area contributed by atoms with Crippen LogP contribution in [0.2, 0.25) is 0 Å². The molecule has 1 aromatic carbocycles. The van der Waals surface area contributed by atoms with Crippen LogP contribution in [0, 0.1) is 0 Å². The number of alkyl halides is 2. The lowest BCUT2D eigenvalue weighted by Gasteiger charge is -2.06. The van der Waals surface area contributed by atoms with E-state index in [1.165, 1.54) is 12.1 Å². The van der Waals surface area contributed by atoms with Gasteiger partial charge in [0.1, 0.15) is 6.61 Å². The molecule has 4 nitrogen and oxygen atoms in total. The van der Waals surface area contributed by atoms with Crippen LogP contribution in [0.3, 0.4) is 0 Å². The van der Waals surface area contributed by atoms with Crippen molar-refractivity contribution in [3.63, 3.8) is 0 Å². The number of hydrogen-bond donors (Lipinski definition) is 2. The fraction of sp³-hybridized carbons (Fsp3) is 0.364. The summed E-state index contributed by atoms with van der Waals surface area (Å²) in [6.07, 6.45) is -3.29. The summed E-state index contributed by atoms with van der Waals surface area (Å²) in [5.41, 5.74) is 5.52. The lowest BCUT2D eigenvalue weighted by Crippen LogP contribution is -2.23. The second-order valence-electron chi connectivity index (χ2n) is 3.39. The molecule has 0 heterocycles. The molecule has 0 atom stereocenters. The van der Waals surface area contributed by atoms with Crippen molar-refractivity contribution in [1.82, 2.24) is 5.32 Å². The topological polar surface area (TPSA) is 64.4 Å². The molecule has 1 aromatic rings. The summed E-state index contributed by atoms with van der Waals surface area (Å²) in [5, 5.41) is 2.95. The number of amides is 1. The number of ether oxygens (including phenoxy) is 1. The number of benzene rings is 1. The molecule has 0 saturated carbocycles. The minimum atomic E-state index is -2.46. The molecule has 17 heavy (non-hydrogen) atoms. The van der Waals surface area contributed by atoms with E-state index in [2.05, 4.69) is 10.1 Å². The standard InChI is InChI=1S/C11H14F2N2O2/c12-10(13)9-3-1-2-8(6-9)7-15-4-5-17-11(14)16/h1-3,6,10,15H,4-5,7H2,(H2,14,16). The van der Waals surface area contributed by atoms with E-state index in [9.17, 15) is 13.6 Å². The molecule has 94 valence electrons. The van der Waals surface area contributed by atoms with Crippen LogP contribution in [0.1, 0.15) is 17.6 Å². The summed E-state index contributed by atoms with van der Waals surface area (Å²) in [7, 11) is 0. The van der Waals surface area contributed by atoms with E-state index in [1.807, 2.05) is 0 Å². The number of carbonyl (C=O) groups excluding carboxylic acids is 1. The van der Waals surface area contributed by atoms with Crippen LogP contribution in [-0.4, -0.2) is 19.2 Å². The molecule has 1 rings (SSSR count). The molecule has 0 saturated heterocycles. The van der Waals surface area contributed by atoms with Crippen LogP contribution in [0.4, 0.5) is 13.6 Å². The predicted octanol–water partition coefficient (Wildman–Crippen LogP) is 1.81. The van der Waals surface area contributed by atoms with Gasteiger partial charge in [0.05, 0.1) is 0 Å². The molecule has 0 bridgehead atoms. The SMILES string of the molecule is NC(=O)OCCNCc1cccc(C(F)F)c1. The number of primary amides is 1. The predicted molar refractivity (Wildman–Crippen MR) is 58.6 cm³/mol. The molecule has 0 fully saturated rings. The smallest absolute Gasteiger partial charge is 0.404 e. The molecule has 0 aliphatic heterocycles. The molecule has 1 amide bonds. The number of carbonyl (C=O) groups is 1.